The van der Waals surface area contributed by atoms with E-state index in [0.29, 0.717) is 6.04 Å². The number of anilines is 1. The van der Waals surface area contributed by atoms with Gasteiger partial charge in [0.05, 0.1) is 0 Å². The first-order valence-corrected chi connectivity index (χ1v) is 6.34. The van der Waals surface area contributed by atoms with E-state index in [1.165, 1.54) is 24.3 Å². The molecule has 0 aromatic heterocycles. The molecule has 76 valence electrons. The Morgan fingerprint density at radius 1 is 1.29 bits per heavy atom. The van der Waals surface area contributed by atoms with Crippen molar-refractivity contribution in [2.75, 3.05) is 11.1 Å². The van der Waals surface area contributed by atoms with Crippen LogP contribution in [0.4, 0.5) is 5.69 Å². The Labute approximate surface area is 90.3 Å². The molecule has 14 heavy (non-hydrogen) atoms. The van der Waals surface area contributed by atoms with E-state index in [1.54, 1.807) is 0 Å². The second-order valence-electron chi connectivity index (χ2n) is 3.83. The predicted octanol–water partition coefficient (Wildman–Crippen LogP) is 3.38. The molecule has 1 nitrogen and oxygen atoms in total. The molecule has 0 aliphatic carbocycles. The molecule has 0 bridgehead atoms. The van der Waals surface area contributed by atoms with E-state index in [1.807, 2.05) is 0 Å². The van der Waals surface area contributed by atoms with Crippen LogP contribution in [0.2, 0.25) is 0 Å². The molecule has 0 saturated carbocycles. The number of hydrogen-bond donors (Lipinski definition) is 1. The lowest BCUT2D eigenvalue weighted by molar-refractivity contribution is 0.617. The largest absolute Gasteiger partial charge is 0.381 e. The molecule has 1 aliphatic rings. The van der Waals surface area contributed by atoms with Gasteiger partial charge in [-0.05, 0) is 30.7 Å². The lowest BCUT2D eigenvalue weighted by atomic mass is 10.1. The molecule has 2 heteroatoms. The van der Waals surface area contributed by atoms with Gasteiger partial charge >= 0.3 is 0 Å². The number of benzene rings is 1. The van der Waals surface area contributed by atoms with E-state index in [9.17, 15) is 0 Å². The van der Waals surface area contributed by atoms with Crippen molar-refractivity contribution in [3.05, 3.63) is 30.3 Å². The number of rotatable bonds is 2. The summed E-state index contributed by atoms with van der Waals surface area (Å²) in [5, 5.41) is 4.35. The quantitative estimate of drug-likeness (QED) is 0.798. The maximum absolute atomic E-state index is 3.61. The smallest absolute Gasteiger partial charge is 0.0377 e. The van der Waals surface area contributed by atoms with Gasteiger partial charge in [-0.2, -0.15) is 11.8 Å². The van der Waals surface area contributed by atoms with Crippen LogP contribution in [0.15, 0.2) is 30.3 Å². The average molecular weight is 207 g/mol. The van der Waals surface area contributed by atoms with Gasteiger partial charge in [-0.25, -0.2) is 0 Å². The second kappa shape index (κ2) is 4.74. The van der Waals surface area contributed by atoms with Gasteiger partial charge in [0.25, 0.3) is 0 Å². The Morgan fingerprint density at radius 3 is 2.79 bits per heavy atom. The predicted molar refractivity (Wildman–Crippen MR) is 65.0 cm³/mol. The van der Waals surface area contributed by atoms with E-state index in [0.717, 1.165) is 5.25 Å². The number of para-hydroxylation sites is 1. The van der Waals surface area contributed by atoms with Crippen molar-refractivity contribution in [2.45, 2.75) is 31.1 Å². The lowest BCUT2D eigenvalue weighted by Gasteiger charge is -2.29. The zero-order valence-electron chi connectivity index (χ0n) is 8.57. The third-order valence-electron chi connectivity index (χ3n) is 2.73. The van der Waals surface area contributed by atoms with Gasteiger partial charge < -0.3 is 5.32 Å². The summed E-state index contributed by atoms with van der Waals surface area (Å²) in [6.07, 6.45) is 2.66. The maximum Gasteiger partial charge on any atom is 0.0377 e. The molecular formula is C12H17NS. The van der Waals surface area contributed by atoms with Gasteiger partial charge in [-0.1, -0.05) is 25.1 Å². The molecule has 0 radical (unpaired) electrons. The summed E-state index contributed by atoms with van der Waals surface area (Å²) in [4.78, 5) is 0. The third kappa shape index (κ3) is 2.44. The highest BCUT2D eigenvalue weighted by Gasteiger charge is 2.21. The Balaban J connectivity index is 1.96. The molecule has 1 N–H and O–H groups in total. The molecule has 0 amide bonds. The van der Waals surface area contributed by atoms with Crippen molar-refractivity contribution < 1.29 is 0 Å². The highest BCUT2D eigenvalue weighted by Crippen LogP contribution is 2.27. The number of hydrogen-bond acceptors (Lipinski definition) is 2. The number of thioether (sulfide) groups is 1. The summed E-state index contributed by atoms with van der Waals surface area (Å²) in [6, 6.07) is 11.2. The zero-order chi connectivity index (χ0) is 9.80. The molecule has 1 aliphatic heterocycles. The van der Waals surface area contributed by atoms with E-state index >= 15 is 0 Å². The Hall–Kier alpha value is -0.630. The van der Waals surface area contributed by atoms with Crippen LogP contribution in [-0.2, 0) is 0 Å². The zero-order valence-corrected chi connectivity index (χ0v) is 9.39. The van der Waals surface area contributed by atoms with E-state index < -0.39 is 0 Å². The second-order valence-corrected chi connectivity index (χ2v) is 5.32. The van der Waals surface area contributed by atoms with Gasteiger partial charge in [0.1, 0.15) is 0 Å². The molecule has 1 aromatic carbocycles. The van der Waals surface area contributed by atoms with Gasteiger partial charge in [-0.15, -0.1) is 0 Å². The van der Waals surface area contributed by atoms with Gasteiger partial charge in [0, 0.05) is 17.0 Å². The highest BCUT2D eigenvalue weighted by molar-refractivity contribution is 8.00. The molecule has 2 rings (SSSR count). The van der Waals surface area contributed by atoms with E-state index in [4.69, 9.17) is 0 Å². The van der Waals surface area contributed by atoms with E-state index in [-0.39, 0.29) is 0 Å². The summed E-state index contributed by atoms with van der Waals surface area (Å²) in [5.74, 6) is 1.33. The van der Waals surface area contributed by atoms with Crippen LogP contribution in [0, 0.1) is 0 Å². The maximum atomic E-state index is 3.61. The topological polar surface area (TPSA) is 12.0 Å². The molecule has 2 unspecified atom stereocenters. The van der Waals surface area contributed by atoms with Crippen LogP contribution in [0.5, 0.6) is 0 Å². The normalized spacial score (nSPS) is 27.2. The average Bonchev–Trinajstić information content (AvgIpc) is 2.23. The Morgan fingerprint density at radius 2 is 2.07 bits per heavy atom. The van der Waals surface area contributed by atoms with Crippen LogP contribution in [-0.4, -0.2) is 17.0 Å². The Kier molecular flexibility index (Phi) is 3.35. The fourth-order valence-electron chi connectivity index (χ4n) is 1.86. The SMILES string of the molecule is CC1SCCCC1Nc1ccccc1. The number of nitrogens with one attached hydrogen (secondary N) is 1. The summed E-state index contributed by atoms with van der Waals surface area (Å²) >= 11 is 2.08. The van der Waals surface area contributed by atoms with Crippen molar-refractivity contribution in [3.63, 3.8) is 0 Å². The minimum absolute atomic E-state index is 0.649. The Bertz CT molecular complexity index is 273. The minimum atomic E-state index is 0.649. The van der Waals surface area contributed by atoms with Crippen LogP contribution >= 0.6 is 11.8 Å². The van der Waals surface area contributed by atoms with Gasteiger partial charge in [-0.3, -0.25) is 0 Å². The van der Waals surface area contributed by atoms with Crippen molar-refractivity contribution in [3.8, 4) is 0 Å². The molecule has 1 aromatic rings. The van der Waals surface area contributed by atoms with Crippen LogP contribution < -0.4 is 5.32 Å². The van der Waals surface area contributed by atoms with Crippen molar-refractivity contribution in [1.82, 2.24) is 0 Å². The van der Waals surface area contributed by atoms with Crippen LogP contribution in [0.25, 0.3) is 0 Å². The first-order valence-electron chi connectivity index (χ1n) is 5.29. The lowest BCUT2D eigenvalue weighted by Crippen LogP contribution is -2.32. The molecule has 1 saturated heterocycles. The minimum Gasteiger partial charge on any atom is -0.381 e. The summed E-state index contributed by atoms with van der Waals surface area (Å²) in [6.45, 7) is 2.32. The van der Waals surface area contributed by atoms with Crippen molar-refractivity contribution >= 4 is 17.4 Å². The highest BCUT2D eigenvalue weighted by atomic mass is 32.2. The summed E-state index contributed by atoms with van der Waals surface area (Å²) < 4.78 is 0. The summed E-state index contributed by atoms with van der Waals surface area (Å²) in [5.41, 5.74) is 1.26. The monoisotopic (exact) mass is 207 g/mol. The summed E-state index contributed by atoms with van der Waals surface area (Å²) in [7, 11) is 0. The van der Waals surface area contributed by atoms with Crippen LogP contribution in [0.3, 0.4) is 0 Å². The molecule has 1 fully saturated rings. The van der Waals surface area contributed by atoms with Crippen LogP contribution in [0.1, 0.15) is 19.8 Å². The van der Waals surface area contributed by atoms with Gasteiger partial charge in [0.15, 0.2) is 0 Å². The first kappa shape index (κ1) is 9.91. The molecule has 0 spiro atoms. The fraction of sp³-hybridized carbons (Fsp3) is 0.500. The third-order valence-corrected chi connectivity index (χ3v) is 4.11. The standard InChI is InChI=1S/C12H17NS/c1-10-12(8-5-9-14-10)13-11-6-3-2-4-7-11/h2-4,6-7,10,12-13H,5,8-9H2,1H3. The van der Waals surface area contributed by atoms with Crippen molar-refractivity contribution in [2.24, 2.45) is 0 Å². The molecule has 2 atom stereocenters. The molecule has 1 heterocycles. The van der Waals surface area contributed by atoms with E-state index in [2.05, 4.69) is 54.3 Å². The van der Waals surface area contributed by atoms with Crippen molar-refractivity contribution in [1.29, 1.82) is 0 Å². The van der Waals surface area contributed by atoms with Gasteiger partial charge in [0.2, 0.25) is 0 Å². The first-order chi connectivity index (χ1) is 6.86. The molecular weight excluding hydrogens is 190 g/mol. The fourth-order valence-corrected chi connectivity index (χ4v) is 3.00.